The minimum Gasteiger partial charge on any atom is -0.370 e. The molecule has 3 rings (SSSR count). The summed E-state index contributed by atoms with van der Waals surface area (Å²) in [6, 6.07) is 17.0. The SMILES string of the molecule is CC(N)(C(=O)N1CCOC(c2ccccc2Cl)C1)c1ccccc1. The largest absolute Gasteiger partial charge is 0.370 e. The van der Waals surface area contributed by atoms with E-state index in [-0.39, 0.29) is 12.0 Å². The molecule has 0 spiro atoms. The Morgan fingerprint density at radius 3 is 2.58 bits per heavy atom. The van der Waals surface area contributed by atoms with Gasteiger partial charge in [0.25, 0.3) is 0 Å². The molecule has 2 unspecified atom stereocenters. The van der Waals surface area contributed by atoms with Gasteiger partial charge >= 0.3 is 0 Å². The van der Waals surface area contributed by atoms with Crippen LogP contribution in [0.3, 0.4) is 0 Å². The highest BCUT2D eigenvalue weighted by Crippen LogP contribution is 2.30. The zero-order valence-electron chi connectivity index (χ0n) is 13.6. The van der Waals surface area contributed by atoms with Crippen molar-refractivity contribution in [2.75, 3.05) is 19.7 Å². The molecule has 1 fully saturated rings. The van der Waals surface area contributed by atoms with Crippen molar-refractivity contribution in [3.63, 3.8) is 0 Å². The minimum atomic E-state index is -1.07. The molecule has 1 aliphatic heterocycles. The number of rotatable bonds is 3. The molecule has 2 aromatic carbocycles. The molecule has 24 heavy (non-hydrogen) atoms. The predicted molar refractivity (Wildman–Crippen MR) is 94.7 cm³/mol. The number of benzene rings is 2. The van der Waals surface area contributed by atoms with Crippen LogP contribution in [0.25, 0.3) is 0 Å². The minimum absolute atomic E-state index is 0.103. The Hall–Kier alpha value is -1.88. The van der Waals surface area contributed by atoms with Crippen LogP contribution < -0.4 is 5.73 Å². The summed E-state index contributed by atoms with van der Waals surface area (Å²) >= 11 is 6.26. The van der Waals surface area contributed by atoms with E-state index < -0.39 is 5.54 Å². The number of nitrogens with zero attached hydrogens (tertiary/aromatic N) is 1. The first-order valence-electron chi connectivity index (χ1n) is 8.00. The van der Waals surface area contributed by atoms with Crippen LogP contribution in [0.15, 0.2) is 54.6 Å². The van der Waals surface area contributed by atoms with Crippen molar-refractivity contribution in [3.05, 3.63) is 70.7 Å². The molecule has 1 heterocycles. The lowest BCUT2D eigenvalue weighted by molar-refractivity contribution is -0.144. The molecule has 4 nitrogen and oxygen atoms in total. The van der Waals surface area contributed by atoms with Gasteiger partial charge in [-0.15, -0.1) is 0 Å². The zero-order valence-corrected chi connectivity index (χ0v) is 14.4. The summed E-state index contributed by atoms with van der Waals surface area (Å²) in [5.41, 5.74) is 7.00. The maximum atomic E-state index is 13.0. The van der Waals surface area contributed by atoms with Crippen LogP contribution in [0.2, 0.25) is 5.02 Å². The molecule has 0 aliphatic carbocycles. The topological polar surface area (TPSA) is 55.6 Å². The molecule has 0 saturated carbocycles. The van der Waals surface area contributed by atoms with Crippen LogP contribution in [0.4, 0.5) is 0 Å². The molecule has 2 atom stereocenters. The van der Waals surface area contributed by atoms with E-state index in [2.05, 4.69) is 0 Å². The summed E-state index contributed by atoms with van der Waals surface area (Å²) in [5.74, 6) is -0.103. The van der Waals surface area contributed by atoms with Crippen LogP contribution in [0.1, 0.15) is 24.2 Å². The average molecular weight is 345 g/mol. The Bertz CT molecular complexity index is 718. The highest BCUT2D eigenvalue weighted by atomic mass is 35.5. The van der Waals surface area contributed by atoms with Gasteiger partial charge in [0.15, 0.2) is 0 Å². The first-order valence-corrected chi connectivity index (χ1v) is 8.38. The normalized spacial score (nSPS) is 20.5. The van der Waals surface area contributed by atoms with E-state index in [0.29, 0.717) is 24.7 Å². The molecular weight excluding hydrogens is 324 g/mol. The maximum absolute atomic E-state index is 13.0. The molecule has 0 aromatic heterocycles. The van der Waals surface area contributed by atoms with Crippen LogP contribution in [0, 0.1) is 0 Å². The fourth-order valence-electron chi connectivity index (χ4n) is 2.99. The Morgan fingerprint density at radius 2 is 1.88 bits per heavy atom. The van der Waals surface area contributed by atoms with Crippen molar-refractivity contribution in [3.8, 4) is 0 Å². The summed E-state index contributed by atoms with van der Waals surface area (Å²) in [5, 5.41) is 0.648. The van der Waals surface area contributed by atoms with Crippen LogP contribution >= 0.6 is 11.6 Å². The van der Waals surface area contributed by atoms with Gasteiger partial charge in [-0.05, 0) is 18.6 Å². The van der Waals surface area contributed by atoms with E-state index in [4.69, 9.17) is 22.1 Å². The smallest absolute Gasteiger partial charge is 0.247 e. The van der Waals surface area contributed by atoms with Gasteiger partial charge in [0.05, 0.1) is 13.2 Å². The summed E-state index contributed by atoms with van der Waals surface area (Å²) in [6.45, 7) is 3.19. The lowest BCUT2D eigenvalue weighted by Gasteiger charge is -2.38. The number of amides is 1. The molecule has 1 amide bonds. The van der Waals surface area contributed by atoms with Crippen molar-refractivity contribution in [2.45, 2.75) is 18.6 Å². The van der Waals surface area contributed by atoms with E-state index in [0.717, 1.165) is 11.1 Å². The quantitative estimate of drug-likeness (QED) is 0.930. The summed E-state index contributed by atoms with van der Waals surface area (Å²) < 4.78 is 5.82. The summed E-state index contributed by atoms with van der Waals surface area (Å²) in [4.78, 5) is 14.8. The second-order valence-electron chi connectivity index (χ2n) is 6.20. The van der Waals surface area contributed by atoms with Crippen molar-refractivity contribution >= 4 is 17.5 Å². The molecular formula is C19H21ClN2O2. The molecule has 0 radical (unpaired) electrons. The van der Waals surface area contributed by atoms with Crippen molar-refractivity contribution in [1.29, 1.82) is 0 Å². The zero-order chi connectivity index (χ0) is 17.2. The Morgan fingerprint density at radius 1 is 1.21 bits per heavy atom. The van der Waals surface area contributed by atoms with Gasteiger partial charge in [-0.3, -0.25) is 4.79 Å². The monoisotopic (exact) mass is 344 g/mol. The number of hydrogen-bond acceptors (Lipinski definition) is 3. The van der Waals surface area contributed by atoms with Crippen molar-refractivity contribution in [2.24, 2.45) is 5.73 Å². The lowest BCUT2D eigenvalue weighted by Crippen LogP contribution is -2.54. The van der Waals surface area contributed by atoms with Crippen molar-refractivity contribution in [1.82, 2.24) is 4.90 Å². The second-order valence-corrected chi connectivity index (χ2v) is 6.61. The molecule has 2 aromatic rings. The third-order valence-corrected chi connectivity index (χ3v) is 4.77. The van der Waals surface area contributed by atoms with Gasteiger partial charge in [0, 0.05) is 17.1 Å². The Balaban J connectivity index is 1.80. The first kappa shape index (κ1) is 17.0. The molecule has 1 aliphatic rings. The number of carbonyl (C=O) groups excluding carboxylic acids is 1. The van der Waals surface area contributed by atoms with Crippen LogP contribution in [0.5, 0.6) is 0 Å². The Labute approximate surface area is 147 Å². The van der Waals surface area contributed by atoms with Gasteiger partial charge in [-0.25, -0.2) is 0 Å². The van der Waals surface area contributed by atoms with Gasteiger partial charge in [-0.2, -0.15) is 0 Å². The number of halogens is 1. The lowest BCUT2D eigenvalue weighted by atomic mass is 9.91. The van der Waals surface area contributed by atoms with E-state index in [1.54, 1.807) is 11.8 Å². The average Bonchev–Trinajstić information content (AvgIpc) is 2.62. The van der Waals surface area contributed by atoms with E-state index in [1.165, 1.54) is 0 Å². The number of carbonyl (C=O) groups is 1. The van der Waals surface area contributed by atoms with Crippen LogP contribution in [-0.4, -0.2) is 30.5 Å². The van der Waals surface area contributed by atoms with E-state index >= 15 is 0 Å². The first-order chi connectivity index (χ1) is 11.5. The highest BCUT2D eigenvalue weighted by Gasteiger charge is 2.37. The van der Waals surface area contributed by atoms with E-state index in [1.807, 2.05) is 54.6 Å². The third-order valence-electron chi connectivity index (χ3n) is 4.42. The van der Waals surface area contributed by atoms with E-state index in [9.17, 15) is 4.79 Å². The Kier molecular flexibility index (Phi) is 4.90. The fraction of sp³-hybridized carbons (Fsp3) is 0.316. The molecule has 1 saturated heterocycles. The summed E-state index contributed by atoms with van der Waals surface area (Å²) in [7, 11) is 0. The van der Waals surface area contributed by atoms with Crippen LogP contribution in [-0.2, 0) is 15.1 Å². The maximum Gasteiger partial charge on any atom is 0.247 e. The number of nitrogens with two attached hydrogens (primary N) is 1. The fourth-order valence-corrected chi connectivity index (χ4v) is 3.25. The standard InChI is InChI=1S/C19H21ClN2O2/c1-19(21,14-7-3-2-4-8-14)18(23)22-11-12-24-17(13-22)15-9-5-6-10-16(15)20/h2-10,17H,11-13,21H2,1H3. The summed E-state index contributed by atoms with van der Waals surface area (Å²) in [6.07, 6.45) is -0.233. The second kappa shape index (κ2) is 6.93. The predicted octanol–water partition coefficient (Wildman–Crippen LogP) is 3.11. The number of ether oxygens (including phenoxy) is 1. The highest BCUT2D eigenvalue weighted by molar-refractivity contribution is 6.31. The number of morpholine rings is 1. The van der Waals surface area contributed by atoms with Gasteiger partial charge < -0.3 is 15.4 Å². The molecule has 5 heteroatoms. The molecule has 126 valence electrons. The molecule has 0 bridgehead atoms. The van der Waals surface area contributed by atoms with Gasteiger partial charge in [-0.1, -0.05) is 60.1 Å². The molecule has 2 N–H and O–H groups in total. The van der Waals surface area contributed by atoms with Gasteiger partial charge in [0.1, 0.15) is 11.6 Å². The van der Waals surface area contributed by atoms with Gasteiger partial charge in [0.2, 0.25) is 5.91 Å². The number of hydrogen-bond donors (Lipinski definition) is 1. The third kappa shape index (κ3) is 3.31. The van der Waals surface area contributed by atoms with Crippen molar-refractivity contribution < 1.29 is 9.53 Å².